The fourth-order valence-corrected chi connectivity index (χ4v) is 4.63. The number of likely N-dealkylation sites (tertiary alicyclic amines) is 1. The molecule has 6 atom stereocenters. The molecule has 0 saturated carbocycles. The third-order valence-corrected chi connectivity index (χ3v) is 7.43. The van der Waals surface area contributed by atoms with Crippen molar-refractivity contribution < 1.29 is 39.0 Å². The predicted octanol–water partition coefficient (Wildman–Crippen LogP) is -0.460. The van der Waals surface area contributed by atoms with Crippen molar-refractivity contribution in [1.82, 2.24) is 20.9 Å². The van der Waals surface area contributed by atoms with Crippen LogP contribution >= 0.6 is 0 Å². The number of carboxylic acid groups (broad SMARTS) is 2. The number of nitrogens with zero attached hydrogens (tertiary/aromatic N) is 1. The number of carboxylic acids is 2. The first-order valence-electron chi connectivity index (χ1n) is 14.4. The van der Waals surface area contributed by atoms with Crippen molar-refractivity contribution in [3.63, 3.8) is 0 Å². The zero-order chi connectivity index (χ0) is 31.3. The van der Waals surface area contributed by atoms with Crippen LogP contribution in [-0.2, 0) is 28.8 Å². The number of unbranched alkanes of at least 4 members (excludes halogenated alkanes) is 1. The van der Waals surface area contributed by atoms with Gasteiger partial charge in [-0.3, -0.25) is 24.0 Å². The number of hydrogen-bond acceptors (Lipinski definition) is 8. The molecule has 0 spiro atoms. The van der Waals surface area contributed by atoms with E-state index in [4.69, 9.17) is 16.6 Å². The van der Waals surface area contributed by atoms with Gasteiger partial charge in [0.1, 0.15) is 24.2 Å². The zero-order valence-corrected chi connectivity index (χ0v) is 24.6. The summed E-state index contributed by atoms with van der Waals surface area (Å²) in [5.74, 6) is -5.28. The molecule has 14 nitrogen and oxygen atoms in total. The lowest BCUT2D eigenvalue weighted by Crippen LogP contribution is -2.60. The smallest absolute Gasteiger partial charge is 0.326 e. The van der Waals surface area contributed by atoms with Crippen LogP contribution in [0.5, 0.6) is 0 Å². The average Bonchev–Trinajstić information content (AvgIpc) is 3.41. The van der Waals surface area contributed by atoms with Gasteiger partial charge in [-0.05, 0) is 56.9 Å². The second-order valence-corrected chi connectivity index (χ2v) is 11.0. The Bertz CT molecular complexity index is 929. The van der Waals surface area contributed by atoms with E-state index in [1.165, 1.54) is 4.90 Å². The summed E-state index contributed by atoms with van der Waals surface area (Å²) in [5, 5.41) is 26.3. The van der Waals surface area contributed by atoms with Crippen LogP contribution in [0.3, 0.4) is 0 Å². The van der Waals surface area contributed by atoms with Gasteiger partial charge < -0.3 is 42.5 Å². The molecule has 14 heteroatoms. The van der Waals surface area contributed by atoms with Crippen molar-refractivity contribution in [3.8, 4) is 0 Å². The minimum Gasteiger partial charge on any atom is -0.481 e. The number of rotatable bonds is 18. The van der Waals surface area contributed by atoms with E-state index >= 15 is 0 Å². The zero-order valence-electron chi connectivity index (χ0n) is 24.6. The Morgan fingerprint density at radius 2 is 1.56 bits per heavy atom. The van der Waals surface area contributed by atoms with Crippen molar-refractivity contribution in [2.75, 3.05) is 13.1 Å². The molecule has 0 bridgehead atoms. The SMILES string of the molecule is CC[C@H](C)[C@H](NC(=O)[C@@H](N)CCC(=O)O)C(=O)N[C@H](C(=O)N1CCC[C@H]1C(=O)N[C@@H](CCCCN)C(=O)O)C(C)C. The Hall–Kier alpha value is -3.26. The van der Waals surface area contributed by atoms with Crippen LogP contribution in [-0.4, -0.2) is 94.0 Å². The van der Waals surface area contributed by atoms with E-state index in [0.29, 0.717) is 38.6 Å². The first kappa shape index (κ1) is 35.8. The van der Waals surface area contributed by atoms with Gasteiger partial charge in [0.05, 0.1) is 6.04 Å². The standard InChI is InChI=1S/C27H48N6O8/c1-5-16(4)22(32-23(36)17(29)11-12-20(34)35)25(38)31-21(15(2)3)26(39)33-14-8-10-19(33)24(37)30-18(27(40)41)9-6-7-13-28/h15-19,21-22H,5-14,28-29H2,1-4H3,(H,30,37)(H,31,38)(H,32,36)(H,34,35)(H,40,41)/t16-,17-,18-,19-,21-,22-/m0/s1. The van der Waals surface area contributed by atoms with Gasteiger partial charge in [0.2, 0.25) is 23.6 Å². The Kier molecular flexibility index (Phi) is 15.3. The predicted molar refractivity (Wildman–Crippen MR) is 150 cm³/mol. The van der Waals surface area contributed by atoms with Crippen molar-refractivity contribution in [2.24, 2.45) is 23.3 Å². The number of nitrogens with one attached hydrogen (secondary N) is 3. The van der Waals surface area contributed by atoms with E-state index in [0.717, 1.165) is 0 Å². The summed E-state index contributed by atoms with van der Waals surface area (Å²) in [6, 6.07) is -5.15. The summed E-state index contributed by atoms with van der Waals surface area (Å²) < 4.78 is 0. The lowest BCUT2D eigenvalue weighted by atomic mass is 9.95. The highest BCUT2D eigenvalue weighted by atomic mass is 16.4. The van der Waals surface area contributed by atoms with E-state index in [1.54, 1.807) is 20.8 Å². The number of aliphatic carboxylic acids is 2. The van der Waals surface area contributed by atoms with E-state index in [1.807, 2.05) is 6.92 Å². The van der Waals surface area contributed by atoms with Crippen LogP contribution in [0.4, 0.5) is 0 Å². The number of nitrogens with two attached hydrogens (primary N) is 2. The Balaban J connectivity index is 3.02. The molecule has 0 radical (unpaired) electrons. The fourth-order valence-electron chi connectivity index (χ4n) is 4.63. The largest absolute Gasteiger partial charge is 0.481 e. The van der Waals surface area contributed by atoms with Crippen LogP contribution in [0.2, 0.25) is 0 Å². The first-order valence-corrected chi connectivity index (χ1v) is 14.4. The molecule has 1 fully saturated rings. The maximum absolute atomic E-state index is 13.6. The molecule has 1 saturated heterocycles. The highest BCUT2D eigenvalue weighted by Crippen LogP contribution is 2.21. The molecule has 1 aliphatic rings. The van der Waals surface area contributed by atoms with Crippen LogP contribution in [0, 0.1) is 11.8 Å². The minimum absolute atomic E-state index is 0.0999. The maximum atomic E-state index is 13.6. The number of carbonyl (C=O) groups excluding carboxylic acids is 4. The third-order valence-electron chi connectivity index (χ3n) is 7.43. The molecular weight excluding hydrogens is 536 g/mol. The lowest BCUT2D eigenvalue weighted by molar-refractivity contribution is -0.145. The quantitative estimate of drug-likeness (QED) is 0.102. The Morgan fingerprint density at radius 1 is 0.927 bits per heavy atom. The van der Waals surface area contributed by atoms with Gasteiger partial charge in [0.25, 0.3) is 0 Å². The molecule has 1 aliphatic heterocycles. The number of amides is 4. The van der Waals surface area contributed by atoms with Crippen molar-refractivity contribution in [2.45, 2.75) is 109 Å². The van der Waals surface area contributed by atoms with Crippen LogP contribution in [0.1, 0.15) is 79.1 Å². The van der Waals surface area contributed by atoms with Gasteiger partial charge >= 0.3 is 11.9 Å². The van der Waals surface area contributed by atoms with Gasteiger partial charge in [-0.15, -0.1) is 0 Å². The molecule has 41 heavy (non-hydrogen) atoms. The fraction of sp³-hybridized carbons (Fsp3) is 0.778. The summed E-state index contributed by atoms with van der Waals surface area (Å²) in [4.78, 5) is 76.6. The molecular formula is C27H48N6O8. The normalized spacial score (nSPS) is 18.6. The molecule has 234 valence electrons. The maximum Gasteiger partial charge on any atom is 0.326 e. The third kappa shape index (κ3) is 11.3. The summed E-state index contributed by atoms with van der Waals surface area (Å²) in [7, 11) is 0. The van der Waals surface area contributed by atoms with Crippen LogP contribution < -0.4 is 27.4 Å². The van der Waals surface area contributed by atoms with Gasteiger partial charge in [-0.2, -0.15) is 0 Å². The van der Waals surface area contributed by atoms with Gasteiger partial charge in [-0.25, -0.2) is 4.79 Å². The van der Waals surface area contributed by atoms with Crippen molar-refractivity contribution >= 4 is 35.6 Å². The molecule has 1 rings (SSSR count). The first-order chi connectivity index (χ1) is 19.2. The highest BCUT2D eigenvalue weighted by molar-refractivity contribution is 5.96. The molecule has 0 aliphatic carbocycles. The average molecular weight is 585 g/mol. The second-order valence-electron chi connectivity index (χ2n) is 11.0. The Morgan fingerprint density at radius 3 is 2.10 bits per heavy atom. The molecule has 1 heterocycles. The summed E-state index contributed by atoms with van der Waals surface area (Å²) >= 11 is 0. The number of carbonyl (C=O) groups is 6. The van der Waals surface area contributed by atoms with Crippen molar-refractivity contribution in [3.05, 3.63) is 0 Å². The number of hydrogen-bond donors (Lipinski definition) is 7. The molecule has 0 aromatic rings. The van der Waals surface area contributed by atoms with E-state index in [2.05, 4.69) is 16.0 Å². The van der Waals surface area contributed by atoms with E-state index in [9.17, 15) is 33.9 Å². The molecule has 4 amide bonds. The lowest BCUT2D eigenvalue weighted by Gasteiger charge is -2.33. The topological polar surface area (TPSA) is 234 Å². The van der Waals surface area contributed by atoms with Crippen molar-refractivity contribution in [1.29, 1.82) is 0 Å². The second kappa shape index (κ2) is 17.5. The summed E-state index contributed by atoms with van der Waals surface area (Å²) in [6.07, 6.45) is 2.37. The van der Waals surface area contributed by atoms with Gasteiger partial charge in [-0.1, -0.05) is 34.1 Å². The molecule has 0 aromatic heterocycles. The molecule has 0 aromatic carbocycles. The van der Waals surface area contributed by atoms with E-state index < -0.39 is 65.8 Å². The van der Waals surface area contributed by atoms with Gasteiger partial charge in [0, 0.05) is 13.0 Å². The molecule has 9 N–H and O–H groups in total. The Labute approximate surface area is 241 Å². The van der Waals surface area contributed by atoms with E-state index in [-0.39, 0.29) is 37.6 Å². The van der Waals surface area contributed by atoms with Gasteiger partial charge in [0.15, 0.2) is 0 Å². The van der Waals surface area contributed by atoms with Crippen LogP contribution in [0.15, 0.2) is 0 Å². The van der Waals surface area contributed by atoms with Crippen LogP contribution in [0.25, 0.3) is 0 Å². The summed E-state index contributed by atoms with van der Waals surface area (Å²) in [5.41, 5.74) is 11.3. The highest BCUT2D eigenvalue weighted by Gasteiger charge is 2.40. The minimum atomic E-state index is -1.17. The summed E-state index contributed by atoms with van der Waals surface area (Å²) in [6.45, 7) is 7.75. The molecule has 0 unspecified atom stereocenters. The monoisotopic (exact) mass is 584 g/mol.